The fourth-order valence-corrected chi connectivity index (χ4v) is 7.08. The van der Waals surface area contributed by atoms with Gasteiger partial charge in [0.05, 0.1) is 20.3 Å². The lowest BCUT2D eigenvalue weighted by atomic mass is 9.93. The molecule has 1 fully saturated rings. The van der Waals surface area contributed by atoms with Crippen LogP contribution in [0.2, 0.25) is 1.41 Å². The third-order valence-electron chi connectivity index (χ3n) is 10.3. The first-order valence-corrected chi connectivity index (χ1v) is 21.9. The zero-order valence-corrected chi connectivity index (χ0v) is 38.2. The summed E-state index contributed by atoms with van der Waals surface area (Å²) < 4.78 is 29.4. The summed E-state index contributed by atoms with van der Waals surface area (Å²) >= 11 is 0. The van der Waals surface area contributed by atoms with E-state index in [0.717, 1.165) is 38.5 Å². The summed E-state index contributed by atoms with van der Waals surface area (Å²) in [5.74, 6) is -2.11. The Bertz CT molecular complexity index is 1640. The highest BCUT2D eigenvalue weighted by molar-refractivity contribution is 5.94. The molecule has 4 N–H and O–H groups in total. The fourth-order valence-electron chi connectivity index (χ4n) is 7.08. The largest absolute Gasteiger partial charge is 0.513 e. The number of benzene rings is 1. The molecule has 1 unspecified atom stereocenters. The van der Waals surface area contributed by atoms with Gasteiger partial charge in [0, 0.05) is 25.4 Å². The van der Waals surface area contributed by atoms with Crippen molar-refractivity contribution in [2.45, 2.75) is 176 Å². The third-order valence-corrected chi connectivity index (χ3v) is 10.3. The molecule has 2 rings (SSSR count). The number of aryl methyl sites for hydroxylation is 2. The average Bonchev–Trinajstić information content (AvgIpc) is 3.20. The van der Waals surface area contributed by atoms with Crippen LogP contribution >= 0.6 is 0 Å². The van der Waals surface area contributed by atoms with E-state index in [2.05, 4.69) is 20.7 Å². The molecule has 16 nitrogen and oxygen atoms in total. The number of unbranched alkanes of at least 4 members (excludes halogenated alkanes) is 3. The minimum absolute atomic E-state index is 0.115. The number of amides is 5. The van der Waals surface area contributed by atoms with Gasteiger partial charge >= 0.3 is 18.2 Å². The van der Waals surface area contributed by atoms with Crippen molar-refractivity contribution in [3.63, 3.8) is 0 Å². The van der Waals surface area contributed by atoms with Crippen LogP contribution in [0.4, 0.5) is 9.59 Å². The molecule has 1 aromatic carbocycles. The average molecular weight is 861 g/mol. The number of hydrogen-bond acceptors (Lipinski definition) is 11. The molecule has 0 heterocycles. The molecular weight excluding hydrogens is 787 g/mol. The van der Waals surface area contributed by atoms with Crippen molar-refractivity contribution in [2.75, 3.05) is 26.8 Å². The maximum Gasteiger partial charge on any atom is 0.513 e. The molecule has 1 saturated carbocycles. The molecule has 16 heteroatoms. The second kappa shape index (κ2) is 26.4. The van der Waals surface area contributed by atoms with E-state index in [0.29, 0.717) is 60.6 Å². The van der Waals surface area contributed by atoms with Crippen LogP contribution in [0.5, 0.6) is 5.75 Å². The molecule has 0 aromatic heterocycles. The van der Waals surface area contributed by atoms with E-state index in [1.165, 1.54) is 7.11 Å². The van der Waals surface area contributed by atoms with E-state index in [1.807, 2.05) is 20.8 Å². The van der Waals surface area contributed by atoms with Gasteiger partial charge < -0.3 is 45.1 Å². The van der Waals surface area contributed by atoms with Crippen molar-refractivity contribution in [1.29, 1.82) is 0 Å². The summed E-state index contributed by atoms with van der Waals surface area (Å²) in [7, 11) is 1.34. The Morgan fingerprint density at radius 2 is 1.52 bits per heavy atom. The number of nitrogens with one attached hydrogen (secondary N) is 4. The van der Waals surface area contributed by atoms with Gasteiger partial charge in [0.1, 0.15) is 29.5 Å². The zero-order chi connectivity index (χ0) is 46.6. The van der Waals surface area contributed by atoms with Crippen molar-refractivity contribution in [1.82, 2.24) is 26.2 Å². The van der Waals surface area contributed by atoms with Crippen LogP contribution in [-0.2, 0) is 44.6 Å². The molecule has 3 atom stereocenters. The smallest absolute Gasteiger partial charge is 0.469 e. The summed E-state index contributed by atoms with van der Waals surface area (Å²) in [4.78, 5) is 93.8. The van der Waals surface area contributed by atoms with Crippen LogP contribution in [0.15, 0.2) is 12.1 Å². The van der Waals surface area contributed by atoms with Crippen molar-refractivity contribution in [3.05, 3.63) is 28.8 Å². The van der Waals surface area contributed by atoms with Crippen LogP contribution in [0, 0.1) is 19.8 Å². The Morgan fingerprint density at radius 3 is 2.11 bits per heavy atom. The maximum absolute atomic E-state index is 14.2. The highest BCUT2D eigenvalue weighted by atomic mass is 16.7. The third kappa shape index (κ3) is 19.6. The lowest BCUT2D eigenvalue weighted by molar-refractivity contribution is -0.143. The Balaban J connectivity index is 2.29. The second-order valence-corrected chi connectivity index (χ2v) is 17.3. The minimum Gasteiger partial charge on any atom is -0.469 e. The molecule has 0 spiro atoms. The summed E-state index contributed by atoms with van der Waals surface area (Å²) in [6.07, 6.45) is 5.97. The first-order chi connectivity index (χ1) is 29.2. The number of methoxy groups -OCH3 is 1. The summed E-state index contributed by atoms with van der Waals surface area (Å²) in [5.41, 5.74) is 0.867. The van der Waals surface area contributed by atoms with Crippen LogP contribution in [-0.4, -0.2) is 103 Å². The number of carbonyl (C=O) groups is 7. The van der Waals surface area contributed by atoms with Crippen molar-refractivity contribution >= 4 is 41.8 Å². The van der Waals surface area contributed by atoms with Gasteiger partial charge in [0.15, 0.2) is 1.41 Å². The predicted molar refractivity (Wildman–Crippen MR) is 231 cm³/mol. The number of nitrogens with zero attached hydrogens (tertiary/aromatic N) is 1. The van der Waals surface area contributed by atoms with Gasteiger partial charge in [0.2, 0.25) is 23.6 Å². The van der Waals surface area contributed by atoms with E-state index >= 15 is 0 Å². The molecule has 1 aliphatic carbocycles. The molecule has 61 heavy (non-hydrogen) atoms. The normalized spacial score (nSPS) is 14.7. The van der Waals surface area contributed by atoms with Crippen LogP contribution in [0.25, 0.3) is 0 Å². The van der Waals surface area contributed by atoms with E-state index in [1.54, 1.807) is 58.6 Å². The molecule has 5 amide bonds. The van der Waals surface area contributed by atoms with E-state index < -0.39 is 60.2 Å². The van der Waals surface area contributed by atoms with Crippen molar-refractivity contribution in [3.8, 4) is 5.75 Å². The zero-order valence-electron chi connectivity index (χ0n) is 39.2. The number of hydrogen-bond donors (Lipinski definition) is 4. The summed E-state index contributed by atoms with van der Waals surface area (Å²) in [6, 6.07) is -0.383. The SMILES string of the molecule is [2H]N(C(=O)OC(C)(C)C)C(Cc1c(C)cc(OC(=O)OCC(C)C)cc1C)C(=O)N[C@@H](CCCC)C(=O)NCC(=O)N(C1CCCCC1)[C@@H](C)C(=O)NCCCCCC(=O)OC. The predicted octanol–water partition coefficient (Wildman–Crippen LogP) is 6.10. The standard InChI is InChI=1S/C45H73N5O11/c1-11-12-21-36(41(54)47-27-38(51)50(33-19-15-13-16-20-33)32(6)40(53)46-23-18-14-17-22-39(52)58-10)48-42(55)37(49-43(56)61-45(7,8)9)26-35-30(4)24-34(25-31(35)5)60-44(57)59-28-29(2)3/h24-25,29,32-33,36-37H,11-23,26-28H2,1-10H3,(H,46,53)(H,47,54)(H,48,55)(H,49,56)/t32-,36-,37?/m0/s1/i/hD. The lowest BCUT2D eigenvalue weighted by Gasteiger charge is -2.38. The quantitative estimate of drug-likeness (QED) is 0.0428. The number of rotatable bonds is 23. The summed E-state index contributed by atoms with van der Waals surface area (Å²) in [6.45, 7) is 16.0. The van der Waals surface area contributed by atoms with Gasteiger partial charge in [-0.1, -0.05) is 59.3 Å². The highest BCUT2D eigenvalue weighted by Crippen LogP contribution is 2.26. The molecule has 0 bridgehead atoms. The number of ether oxygens (including phenoxy) is 4. The van der Waals surface area contributed by atoms with E-state index in [4.69, 9.17) is 15.6 Å². The minimum atomic E-state index is -1.46. The molecule has 1 aliphatic rings. The second-order valence-electron chi connectivity index (χ2n) is 17.3. The van der Waals surface area contributed by atoms with Gasteiger partial charge in [0.25, 0.3) is 0 Å². The van der Waals surface area contributed by atoms with Gasteiger partial charge in [-0.2, -0.15) is 0 Å². The maximum atomic E-state index is 14.2. The van der Waals surface area contributed by atoms with Crippen LogP contribution < -0.4 is 26.0 Å². The van der Waals surface area contributed by atoms with Crippen molar-refractivity contribution in [2.24, 2.45) is 5.92 Å². The molecule has 0 aliphatic heterocycles. The molecule has 344 valence electrons. The van der Waals surface area contributed by atoms with Crippen LogP contribution in [0.3, 0.4) is 0 Å². The van der Waals surface area contributed by atoms with Gasteiger partial charge in [-0.15, -0.1) is 0 Å². The number of alkyl carbamates (subject to hydrolysis) is 1. The first-order valence-electron chi connectivity index (χ1n) is 22.3. The molecule has 0 radical (unpaired) electrons. The van der Waals surface area contributed by atoms with Gasteiger partial charge in [-0.3, -0.25) is 24.0 Å². The van der Waals surface area contributed by atoms with Crippen LogP contribution in [0.1, 0.15) is 142 Å². The van der Waals surface area contributed by atoms with Gasteiger partial charge in [-0.05, 0) is 108 Å². The molecule has 0 saturated heterocycles. The molecule has 1 aromatic rings. The monoisotopic (exact) mass is 861 g/mol. The first kappa shape index (κ1) is 50.5. The summed E-state index contributed by atoms with van der Waals surface area (Å²) in [5, 5.41) is 8.82. The fraction of sp³-hybridized carbons (Fsp3) is 0.711. The van der Waals surface area contributed by atoms with Gasteiger partial charge in [-0.25, -0.2) is 9.59 Å². The topological polar surface area (TPSA) is 208 Å². The van der Waals surface area contributed by atoms with E-state index in [-0.39, 0.29) is 49.0 Å². The lowest BCUT2D eigenvalue weighted by Crippen LogP contribution is -2.57. The Labute approximate surface area is 364 Å². The molecular formula is C45H73N5O11. The van der Waals surface area contributed by atoms with E-state index in [9.17, 15) is 33.6 Å². The number of esters is 1. The Kier molecular flexibility index (Phi) is 21.9. The van der Waals surface area contributed by atoms with Crippen molar-refractivity contribution < 1.29 is 53.9 Å². The Morgan fingerprint density at radius 1 is 0.869 bits per heavy atom. The Hall–Kier alpha value is -4.89. The highest BCUT2D eigenvalue weighted by Gasteiger charge is 2.34. The number of carbonyl (C=O) groups excluding carboxylic acids is 7.